The number of nitrogens with one attached hydrogen (secondary N) is 1. The minimum Gasteiger partial charge on any atom is -0.493 e. The van der Waals surface area contributed by atoms with Crippen LogP contribution in [0.3, 0.4) is 0 Å². The van der Waals surface area contributed by atoms with Gasteiger partial charge in [0.05, 0.1) is 24.8 Å². The van der Waals surface area contributed by atoms with Gasteiger partial charge in [0.15, 0.2) is 16.6 Å². The summed E-state index contributed by atoms with van der Waals surface area (Å²) in [4.78, 5) is 21.6. The predicted molar refractivity (Wildman–Crippen MR) is 134 cm³/mol. The molecule has 1 fully saturated rings. The molecule has 1 N–H and O–H groups in total. The van der Waals surface area contributed by atoms with E-state index in [4.69, 9.17) is 14.5 Å². The second-order valence-electron chi connectivity index (χ2n) is 8.22. The van der Waals surface area contributed by atoms with Gasteiger partial charge in [-0.05, 0) is 24.7 Å². The fourth-order valence-corrected chi connectivity index (χ4v) is 4.93. The summed E-state index contributed by atoms with van der Waals surface area (Å²) in [6.45, 7) is 5.34. The highest BCUT2D eigenvalue weighted by Crippen LogP contribution is 2.34. The summed E-state index contributed by atoms with van der Waals surface area (Å²) in [7, 11) is 5.36. The van der Waals surface area contributed by atoms with Crippen LogP contribution in [0.4, 0.5) is 10.8 Å². The second kappa shape index (κ2) is 10.8. The van der Waals surface area contributed by atoms with E-state index in [-0.39, 0.29) is 10.6 Å². The fourth-order valence-electron chi connectivity index (χ4n) is 3.90. The molecule has 0 bridgehead atoms. The van der Waals surface area contributed by atoms with Crippen molar-refractivity contribution >= 4 is 22.2 Å². The Morgan fingerprint density at radius 3 is 2.56 bits per heavy atom. The van der Waals surface area contributed by atoms with E-state index in [2.05, 4.69) is 22.2 Å². The maximum Gasteiger partial charge on any atom is 0.270 e. The lowest BCUT2D eigenvalue weighted by atomic mass is 10.1. The van der Waals surface area contributed by atoms with Crippen LogP contribution in [0, 0.1) is 10.1 Å². The van der Waals surface area contributed by atoms with Crippen molar-refractivity contribution in [2.75, 3.05) is 52.8 Å². The smallest absolute Gasteiger partial charge is 0.270 e. The Balaban J connectivity index is 1.58. The summed E-state index contributed by atoms with van der Waals surface area (Å²) in [6.07, 6.45) is 0. The van der Waals surface area contributed by atoms with Crippen LogP contribution in [-0.2, 0) is 13.1 Å². The van der Waals surface area contributed by atoms with Gasteiger partial charge in [-0.2, -0.15) is 0 Å². The standard InChI is InChI=1S/C24H29N5O4S/c1-27-9-11-28(12-10-27)16-22-23(18-5-4-6-19(14-18)29(30)31)26-24(34-22)25-15-17-7-8-20(32-2)21(13-17)33-3/h4-8,13-14H,9-12,15-16H2,1-3H3,(H,25,26). The number of benzene rings is 2. The molecule has 0 spiro atoms. The van der Waals surface area contributed by atoms with Gasteiger partial charge in [-0.25, -0.2) is 4.98 Å². The van der Waals surface area contributed by atoms with Crippen molar-refractivity contribution in [2.45, 2.75) is 13.1 Å². The summed E-state index contributed by atoms with van der Waals surface area (Å²) in [5.74, 6) is 1.36. The maximum absolute atomic E-state index is 11.3. The lowest BCUT2D eigenvalue weighted by molar-refractivity contribution is -0.384. The van der Waals surface area contributed by atoms with Crippen LogP contribution in [0.25, 0.3) is 11.3 Å². The van der Waals surface area contributed by atoms with Crippen molar-refractivity contribution in [3.63, 3.8) is 0 Å². The summed E-state index contributed by atoms with van der Waals surface area (Å²) in [5, 5.41) is 15.5. The Hall–Kier alpha value is -3.21. The predicted octanol–water partition coefficient (Wildman–Crippen LogP) is 4.10. The SMILES string of the molecule is COc1ccc(CNc2nc(-c3cccc([N+](=O)[O-])c3)c(CN3CCN(C)CC3)s2)cc1OC. The number of non-ortho nitro benzene ring substituents is 1. The Morgan fingerprint density at radius 2 is 1.85 bits per heavy atom. The molecule has 0 atom stereocenters. The first-order valence-electron chi connectivity index (χ1n) is 11.1. The quantitative estimate of drug-likeness (QED) is 0.359. The van der Waals surface area contributed by atoms with Crippen molar-refractivity contribution in [2.24, 2.45) is 0 Å². The van der Waals surface area contributed by atoms with Crippen molar-refractivity contribution in [1.29, 1.82) is 0 Å². The van der Waals surface area contributed by atoms with Crippen molar-refractivity contribution in [3.8, 4) is 22.8 Å². The van der Waals surface area contributed by atoms with Crippen LogP contribution in [0.2, 0.25) is 0 Å². The van der Waals surface area contributed by atoms with Crippen LogP contribution in [0.15, 0.2) is 42.5 Å². The van der Waals surface area contributed by atoms with E-state index in [0.29, 0.717) is 18.0 Å². The Labute approximate surface area is 203 Å². The summed E-state index contributed by atoms with van der Waals surface area (Å²) in [5.41, 5.74) is 2.65. The number of piperazine rings is 1. The highest BCUT2D eigenvalue weighted by atomic mass is 32.1. The molecule has 1 aliphatic heterocycles. The minimum atomic E-state index is -0.369. The molecular weight excluding hydrogens is 454 g/mol. The van der Waals surface area contributed by atoms with Gasteiger partial charge in [0.2, 0.25) is 0 Å². The molecule has 2 heterocycles. The fraction of sp³-hybridized carbons (Fsp3) is 0.375. The number of nitro benzene ring substituents is 1. The number of rotatable bonds is 9. The Morgan fingerprint density at radius 1 is 1.09 bits per heavy atom. The number of hydrogen-bond donors (Lipinski definition) is 1. The number of aromatic nitrogens is 1. The van der Waals surface area contributed by atoms with Gasteiger partial charge >= 0.3 is 0 Å². The molecule has 180 valence electrons. The van der Waals surface area contributed by atoms with Crippen LogP contribution >= 0.6 is 11.3 Å². The zero-order chi connectivity index (χ0) is 24.1. The van der Waals surface area contributed by atoms with E-state index in [1.165, 1.54) is 6.07 Å². The van der Waals surface area contributed by atoms with Crippen molar-refractivity contribution in [3.05, 3.63) is 63.0 Å². The molecule has 1 aromatic heterocycles. The normalized spacial score (nSPS) is 14.7. The molecule has 0 saturated carbocycles. The Bertz CT molecular complexity index is 1140. The molecule has 4 rings (SSSR count). The third kappa shape index (κ3) is 5.64. The average molecular weight is 484 g/mol. The van der Waals surface area contributed by atoms with Gasteiger partial charge in [0, 0.05) is 61.8 Å². The van der Waals surface area contributed by atoms with E-state index in [1.54, 1.807) is 37.7 Å². The lowest BCUT2D eigenvalue weighted by Crippen LogP contribution is -2.43. The largest absolute Gasteiger partial charge is 0.493 e. The second-order valence-corrected chi connectivity index (χ2v) is 9.30. The monoisotopic (exact) mass is 483 g/mol. The molecule has 10 heteroatoms. The van der Waals surface area contributed by atoms with Crippen molar-refractivity contribution in [1.82, 2.24) is 14.8 Å². The van der Waals surface area contributed by atoms with Crippen LogP contribution in [0.1, 0.15) is 10.4 Å². The highest BCUT2D eigenvalue weighted by Gasteiger charge is 2.20. The van der Waals surface area contributed by atoms with E-state index in [0.717, 1.165) is 59.6 Å². The molecule has 0 unspecified atom stereocenters. The number of hydrogen-bond acceptors (Lipinski definition) is 9. The number of nitrogens with zero attached hydrogens (tertiary/aromatic N) is 4. The summed E-state index contributed by atoms with van der Waals surface area (Å²) >= 11 is 1.60. The van der Waals surface area contributed by atoms with Gasteiger partial charge < -0.3 is 19.7 Å². The van der Waals surface area contributed by atoms with E-state index < -0.39 is 0 Å². The van der Waals surface area contributed by atoms with E-state index >= 15 is 0 Å². The topological polar surface area (TPSA) is 93.0 Å². The van der Waals surface area contributed by atoms with Gasteiger partial charge in [0.25, 0.3) is 5.69 Å². The maximum atomic E-state index is 11.3. The lowest BCUT2D eigenvalue weighted by Gasteiger charge is -2.32. The third-order valence-electron chi connectivity index (χ3n) is 5.88. The number of thiazole rings is 1. The molecule has 0 amide bonds. The molecule has 2 aromatic carbocycles. The number of nitro groups is 1. The first-order chi connectivity index (χ1) is 16.5. The number of ether oxygens (including phenoxy) is 2. The van der Waals surface area contributed by atoms with Crippen LogP contribution < -0.4 is 14.8 Å². The van der Waals surface area contributed by atoms with E-state index in [9.17, 15) is 10.1 Å². The molecule has 1 saturated heterocycles. The number of likely N-dealkylation sites (N-methyl/N-ethyl adjacent to an activating group) is 1. The zero-order valence-corrected chi connectivity index (χ0v) is 20.4. The van der Waals surface area contributed by atoms with Crippen LogP contribution in [0.5, 0.6) is 11.5 Å². The molecule has 1 aliphatic rings. The average Bonchev–Trinajstić information content (AvgIpc) is 3.26. The number of methoxy groups -OCH3 is 2. The van der Waals surface area contributed by atoms with E-state index in [1.807, 2.05) is 24.3 Å². The summed E-state index contributed by atoms with van der Waals surface area (Å²) < 4.78 is 10.7. The molecule has 3 aromatic rings. The summed E-state index contributed by atoms with van der Waals surface area (Å²) in [6, 6.07) is 12.5. The third-order valence-corrected chi connectivity index (χ3v) is 6.88. The Kier molecular flexibility index (Phi) is 7.61. The van der Waals surface area contributed by atoms with Crippen LogP contribution in [-0.4, -0.2) is 67.2 Å². The number of anilines is 1. The van der Waals surface area contributed by atoms with Gasteiger partial charge in [-0.15, -0.1) is 11.3 Å². The first kappa shape index (κ1) is 23.9. The molecule has 0 aliphatic carbocycles. The molecule has 0 radical (unpaired) electrons. The van der Waals surface area contributed by atoms with Gasteiger partial charge in [0.1, 0.15) is 0 Å². The zero-order valence-electron chi connectivity index (χ0n) is 19.6. The first-order valence-corrected chi connectivity index (χ1v) is 11.9. The molecule has 34 heavy (non-hydrogen) atoms. The van der Waals surface area contributed by atoms with Gasteiger partial charge in [-0.3, -0.25) is 15.0 Å². The van der Waals surface area contributed by atoms with Crippen molar-refractivity contribution < 1.29 is 14.4 Å². The molecule has 9 nitrogen and oxygen atoms in total. The minimum absolute atomic E-state index is 0.0656. The molecular formula is C24H29N5O4S. The highest BCUT2D eigenvalue weighted by molar-refractivity contribution is 7.16. The van der Waals surface area contributed by atoms with Gasteiger partial charge in [-0.1, -0.05) is 18.2 Å².